The summed E-state index contributed by atoms with van der Waals surface area (Å²) in [5.41, 5.74) is 5.07. The molecule has 0 aliphatic rings. The lowest BCUT2D eigenvalue weighted by Gasteiger charge is -2.25. The third-order valence-electron chi connectivity index (χ3n) is 5.17. The van der Waals surface area contributed by atoms with Crippen LogP contribution < -0.4 is 0 Å². The Hall–Kier alpha value is -2.96. The molecule has 0 spiro atoms. The molecule has 0 N–H and O–H groups in total. The molecule has 1 heterocycles. The molecule has 3 aromatic carbocycles. The number of para-hydroxylation sites is 1. The van der Waals surface area contributed by atoms with E-state index in [0.29, 0.717) is 12.8 Å². The third kappa shape index (κ3) is 3.69. The first kappa shape index (κ1) is 18.4. The van der Waals surface area contributed by atoms with Crippen molar-refractivity contribution in [2.75, 3.05) is 0 Å². The first-order valence-corrected chi connectivity index (χ1v) is 10.3. The van der Waals surface area contributed by atoms with E-state index in [1.807, 2.05) is 18.2 Å². The summed E-state index contributed by atoms with van der Waals surface area (Å²) in [5.74, 6) is 0. The first-order valence-electron chi connectivity index (χ1n) is 9.46. The zero-order valence-corrected chi connectivity index (χ0v) is 17.0. The molecule has 0 atom stereocenters. The topological polar surface area (TPSA) is 36.7 Å². The monoisotopic (exact) mass is 382 g/mol. The zero-order valence-electron chi connectivity index (χ0n) is 16.1. The smallest absolute Gasteiger partial charge is 0.117 e. The van der Waals surface area contributed by atoms with Crippen LogP contribution in [0.15, 0.2) is 72.8 Å². The van der Waals surface area contributed by atoms with Crippen molar-refractivity contribution in [3.63, 3.8) is 0 Å². The van der Waals surface area contributed by atoms with Crippen molar-refractivity contribution in [3.05, 3.63) is 100 Å². The van der Waals surface area contributed by atoms with Gasteiger partial charge in [0.15, 0.2) is 0 Å². The molecule has 138 valence electrons. The lowest BCUT2D eigenvalue weighted by atomic mass is 9.78. The molecule has 0 aliphatic heterocycles. The van der Waals surface area contributed by atoms with E-state index < -0.39 is 5.41 Å². The Morgan fingerprint density at radius 2 is 1.36 bits per heavy atom. The molecule has 0 saturated heterocycles. The molecule has 2 nitrogen and oxygen atoms in total. The molecule has 3 heteroatoms. The molecule has 0 amide bonds. The quantitative estimate of drug-likeness (QED) is 0.414. The second-order valence-electron chi connectivity index (χ2n) is 7.51. The maximum absolute atomic E-state index is 10.4. The maximum atomic E-state index is 10.4. The van der Waals surface area contributed by atoms with Crippen LogP contribution in [0.4, 0.5) is 0 Å². The molecule has 0 bridgehead atoms. The van der Waals surface area contributed by atoms with Crippen molar-refractivity contribution in [1.29, 1.82) is 5.26 Å². The van der Waals surface area contributed by atoms with E-state index in [0.717, 1.165) is 15.2 Å². The van der Waals surface area contributed by atoms with Crippen LogP contribution in [0.3, 0.4) is 0 Å². The number of fused-ring (bicyclic) bond motifs is 1. The number of nitriles is 1. The fourth-order valence-corrected chi connectivity index (χ4v) is 4.63. The first-order chi connectivity index (χ1) is 13.6. The average Bonchev–Trinajstić information content (AvgIpc) is 3.16. The Balaban J connectivity index is 1.81. The van der Waals surface area contributed by atoms with Gasteiger partial charge in [-0.25, -0.2) is 4.98 Å². The number of aromatic nitrogens is 1. The minimum absolute atomic E-state index is 0.650. The van der Waals surface area contributed by atoms with E-state index in [2.05, 4.69) is 74.5 Å². The molecule has 28 heavy (non-hydrogen) atoms. The fourth-order valence-electron chi connectivity index (χ4n) is 3.53. The third-order valence-corrected chi connectivity index (χ3v) is 6.41. The van der Waals surface area contributed by atoms with Crippen molar-refractivity contribution < 1.29 is 0 Å². The molecule has 4 aromatic rings. The second kappa shape index (κ2) is 7.58. The van der Waals surface area contributed by atoms with Crippen LogP contribution >= 0.6 is 11.3 Å². The van der Waals surface area contributed by atoms with Crippen LogP contribution in [-0.4, -0.2) is 4.98 Å². The van der Waals surface area contributed by atoms with E-state index in [1.165, 1.54) is 22.3 Å². The normalized spacial score (nSPS) is 11.5. The summed E-state index contributed by atoms with van der Waals surface area (Å²) in [4.78, 5) is 4.88. The number of benzene rings is 3. The molecule has 0 unspecified atom stereocenters. The number of hydrogen-bond donors (Lipinski definition) is 0. The summed E-state index contributed by atoms with van der Waals surface area (Å²) in [5, 5.41) is 11.3. The maximum Gasteiger partial charge on any atom is 0.117 e. The highest BCUT2D eigenvalue weighted by atomic mass is 32.1. The highest BCUT2D eigenvalue weighted by Crippen LogP contribution is 2.37. The highest BCUT2D eigenvalue weighted by molar-refractivity contribution is 7.18. The van der Waals surface area contributed by atoms with Gasteiger partial charge in [0.05, 0.1) is 16.3 Å². The SMILES string of the molecule is Cc1ccc(CC(C#N)(Cc2ccc(C)cc2)c2nc3ccccc3s2)cc1. The molecule has 0 radical (unpaired) electrons. The van der Waals surface area contributed by atoms with E-state index >= 15 is 0 Å². The largest absolute Gasteiger partial charge is 0.239 e. The van der Waals surface area contributed by atoms with Crippen molar-refractivity contribution in [2.24, 2.45) is 0 Å². The summed E-state index contributed by atoms with van der Waals surface area (Å²) in [6.45, 7) is 4.17. The van der Waals surface area contributed by atoms with Crippen molar-refractivity contribution >= 4 is 21.6 Å². The van der Waals surface area contributed by atoms with Crippen LogP contribution in [0.25, 0.3) is 10.2 Å². The van der Waals surface area contributed by atoms with Gasteiger partial charge in [0.2, 0.25) is 0 Å². The number of nitrogens with zero attached hydrogens (tertiary/aromatic N) is 2. The zero-order chi connectivity index (χ0) is 19.6. The van der Waals surface area contributed by atoms with Crippen LogP contribution in [0.1, 0.15) is 27.3 Å². The van der Waals surface area contributed by atoms with Gasteiger partial charge in [0.25, 0.3) is 0 Å². The van der Waals surface area contributed by atoms with E-state index in [4.69, 9.17) is 4.98 Å². The lowest BCUT2D eigenvalue weighted by Crippen LogP contribution is -2.30. The molecule has 0 fully saturated rings. The van der Waals surface area contributed by atoms with Crippen molar-refractivity contribution in [2.45, 2.75) is 32.1 Å². The van der Waals surface area contributed by atoms with Gasteiger partial charge >= 0.3 is 0 Å². The van der Waals surface area contributed by atoms with Crippen LogP contribution in [-0.2, 0) is 18.3 Å². The van der Waals surface area contributed by atoms with Gasteiger partial charge in [-0.05, 0) is 49.9 Å². The van der Waals surface area contributed by atoms with Crippen LogP contribution in [0, 0.1) is 25.2 Å². The number of rotatable bonds is 5. The van der Waals surface area contributed by atoms with Gasteiger partial charge in [-0.2, -0.15) is 5.26 Å². The molecule has 4 rings (SSSR count). The van der Waals surface area contributed by atoms with Crippen molar-refractivity contribution in [3.8, 4) is 6.07 Å². The summed E-state index contributed by atoms with van der Waals surface area (Å²) in [7, 11) is 0. The standard InChI is InChI=1S/C25H22N2S/c1-18-7-11-20(12-8-18)15-25(17-26,16-21-13-9-19(2)10-14-21)24-27-22-5-3-4-6-23(22)28-24/h3-14H,15-16H2,1-2H3. The molecule has 1 aromatic heterocycles. The number of aryl methyl sites for hydroxylation is 2. The van der Waals surface area contributed by atoms with Crippen LogP contribution in [0.2, 0.25) is 0 Å². The minimum Gasteiger partial charge on any atom is -0.239 e. The molecule has 0 saturated carbocycles. The predicted molar refractivity (Wildman–Crippen MR) is 117 cm³/mol. The fraction of sp³-hybridized carbons (Fsp3) is 0.200. The summed E-state index contributed by atoms with van der Waals surface area (Å²) >= 11 is 1.64. The Bertz CT molecular complexity index is 1050. The highest BCUT2D eigenvalue weighted by Gasteiger charge is 2.36. The Kier molecular flexibility index (Phi) is 4.98. The average molecular weight is 383 g/mol. The Morgan fingerprint density at radius 1 is 0.821 bits per heavy atom. The van der Waals surface area contributed by atoms with Crippen LogP contribution in [0.5, 0.6) is 0 Å². The van der Waals surface area contributed by atoms with E-state index in [-0.39, 0.29) is 0 Å². The molecular formula is C25H22N2S. The second-order valence-corrected chi connectivity index (χ2v) is 8.54. The van der Waals surface area contributed by atoms with Gasteiger partial charge in [0.1, 0.15) is 10.4 Å². The van der Waals surface area contributed by atoms with Gasteiger partial charge in [-0.1, -0.05) is 71.8 Å². The Morgan fingerprint density at radius 3 is 1.86 bits per heavy atom. The lowest BCUT2D eigenvalue weighted by molar-refractivity contribution is 0.539. The molecule has 0 aliphatic carbocycles. The molecular weight excluding hydrogens is 360 g/mol. The number of hydrogen-bond acceptors (Lipinski definition) is 3. The predicted octanol–water partition coefficient (Wildman–Crippen LogP) is 6.16. The van der Waals surface area contributed by atoms with Gasteiger partial charge in [0, 0.05) is 0 Å². The minimum atomic E-state index is -0.686. The number of thiazole rings is 1. The van der Waals surface area contributed by atoms with Gasteiger partial charge < -0.3 is 0 Å². The Labute approximate surface area is 170 Å². The summed E-state index contributed by atoms with van der Waals surface area (Å²) in [6.07, 6.45) is 1.30. The summed E-state index contributed by atoms with van der Waals surface area (Å²) < 4.78 is 1.13. The van der Waals surface area contributed by atoms with E-state index in [1.54, 1.807) is 11.3 Å². The summed E-state index contributed by atoms with van der Waals surface area (Å²) in [6, 6.07) is 27.8. The van der Waals surface area contributed by atoms with E-state index in [9.17, 15) is 5.26 Å². The van der Waals surface area contributed by atoms with Crippen molar-refractivity contribution in [1.82, 2.24) is 4.98 Å². The van der Waals surface area contributed by atoms with Gasteiger partial charge in [-0.3, -0.25) is 0 Å². The van der Waals surface area contributed by atoms with Gasteiger partial charge in [-0.15, -0.1) is 11.3 Å².